The SMILES string of the molecule is Cc1nn(CC(C)C(=O)NC(C)c2ccc(-n3cccc3)cc2)c(C)c1Cl. The highest BCUT2D eigenvalue weighted by Crippen LogP contribution is 2.20. The second-order valence-corrected chi connectivity index (χ2v) is 7.36. The molecule has 142 valence electrons. The van der Waals surface area contributed by atoms with E-state index in [4.69, 9.17) is 11.6 Å². The minimum atomic E-state index is -0.208. The normalized spacial score (nSPS) is 13.4. The van der Waals surface area contributed by atoms with Crippen molar-refractivity contribution in [1.29, 1.82) is 0 Å². The van der Waals surface area contributed by atoms with Crippen LogP contribution < -0.4 is 5.32 Å². The fraction of sp³-hybridized carbons (Fsp3) is 0.333. The van der Waals surface area contributed by atoms with Gasteiger partial charge in [0.25, 0.3) is 0 Å². The van der Waals surface area contributed by atoms with E-state index in [-0.39, 0.29) is 17.9 Å². The predicted molar refractivity (Wildman–Crippen MR) is 108 cm³/mol. The van der Waals surface area contributed by atoms with Gasteiger partial charge in [-0.25, -0.2) is 0 Å². The van der Waals surface area contributed by atoms with Gasteiger partial charge in [-0.15, -0.1) is 0 Å². The first-order chi connectivity index (χ1) is 12.9. The molecule has 1 amide bonds. The third-order valence-electron chi connectivity index (χ3n) is 4.84. The van der Waals surface area contributed by atoms with Crippen LogP contribution >= 0.6 is 11.6 Å². The Morgan fingerprint density at radius 3 is 2.33 bits per heavy atom. The summed E-state index contributed by atoms with van der Waals surface area (Å²) in [7, 11) is 0. The summed E-state index contributed by atoms with van der Waals surface area (Å²) in [5.74, 6) is -0.207. The van der Waals surface area contributed by atoms with Crippen molar-refractivity contribution in [2.24, 2.45) is 5.92 Å². The summed E-state index contributed by atoms with van der Waals surface area (Å²) in [4.78, 5) is 12.6. The van der Waals surface area contributed by atoms with Gasteiger partial charge in [0.15, 0.2) is 0 Å². The van der Waals surface area contributed by atoms with Crippen molar-refractivity contribution in [2.75, 3.05) is 0 Å². The summed E-state index contributed by atoms with van der Waals surface area (Å²) in [6.45, 7) is 8.19. The van der Waals surface area contributed by atoms with E-state index < -0.39 is 0 Å². The number of hydrogen-bond acceptors (Lipinski definition) is 2. The van der Waals surface area contributed by atoms with Gasteiger partial charge in [0.05, 0.1) is 34.9 Å². The summed E-state index contributed by atoms with van der Waals surface area (Å²) in [6.07, 6.45) is 4.01. The lowest BCUT2D eigenvalue weighted by Gasteiger charge is -2.19. The van der Waals surface area contributed by atoms with E-state index in [1.807, 2.05) is 64.4 Å². The van der Waals surface area contributed by atoms with Crippen LogP contribution in [0, 0.1) is 19.8 Å². The average molecular weight is 385 g/mol. The molecule has 2 unspecified atom stereocenters. The lowest BCUT2D eigenvalue weighted by atomic mass is 10.1. The number of benzene rings is 1. The van der Waals surface area contributed by atoms with Crippen molar-refractivity contribution in [3.8, 4) is 5.69 Å². The number of carbonyl (C=O) groups is 1. The number of nitrogens with zero attached hydrogens (tertiary/aromatic N) is 3. The van der Waals surface area contributed by atoms with E-state index in [9.17, 15) is 4.79 Å². The maximum absolute atomic E-state index is 12.6. The Balaban J connectivity index is 1.61. The lowest BCUT2D eigenvalue weighted by Crippen LogP contribution is -2.33. The Kier molecular flexibility index (Phi) is 5.71. The maximum atomic E-state index is 12.6. The molecule has 3 rings (SSSR count). The molecule has 0 radical (unpaired) electrons. The van der Waals surface area contributed by atoms with Crippen LogP contribution in [0.5, 0.6) is 0 Å². The van der Waals surface area contributed by atoms with Gasteiger partial charge in [-0.2, -0.15) is 5.10 Å². The number of rotatable bonds is 6. The highest BCUT2D eigenvalue weighted by Gasteiger charge is 2.19. The third-order valence-corrected chi connectivity index (χ3v) is 5.39. The number of amides is 1. The molecular formula is C21H25ClN4O. The van der Waals surface area contributed by atoms with Gasteiger partial charge in [-0.3, -0.25) is 9.48 Å². The Morgan fingerprint density at radius 2 is 1.78 bits per heavy atom. The molecule has 0 saturated carbocycles. The third kappa shape index (κ3) is 4.25. The molecule has 0 aliphatic heterocycles. The molecule has 2 heterocycles. The molecule has 0 spiro atoms. The van der Waals surface area contributed by atoms with E-state index in [0.717, 1.165) is 22.6 Å². The first-order valence-electron chi connectivity index (χ1n) is 9.10. The van der Waals surface area contributed by atoms with Gasteiger partial charge in [0.1, 0.15) is 0 Å². The zero-order valence-electron chi connectivity index (χ0n) is 16.1. The Labute approximate surface area is 165 Å². The zero-order valence-corrected chi connectivity index (χ0v) is 16.9. The van der Waals surface area contributed by atoms with Crippen LogP contribution in [0.15, 0.2) is 48.8 Å². The molecule has 5 nitrogen and oxygen atoms in total. The highest BCUT2D eigenvalue weighted by atomic mass is 35.5. The highest BCUT2D eigenvalue weighted by molar-refractivity contribution is 6.31. The van der Waals surface area contributed by atoms with Crippen LogP contribution in [-0.2, 0) is 11.3 Å². The molecule has 0 fully saturated rings. The van der Waals surface area contributed by atoms with E-state index in [2.05, 4.69) is 27.1 Å². The largest absolute Gasteiger partial charge is 0.349 e. The van der Waals surface area contributed by atoms with Crippen molar-refractivity contribution in [3.63, 3.8) is 0 Å². The average Bonchev–Trinajstić information content (AvgIpc) is 3.27. The molecule has 1 aromatic carbocycles. The first kappa shape index (κ1) is 19.2. The topological polar surface area (TPSA) is 51.9 Å². The minimum absolute atomic E-state index is 0.000613. The van der Waals surface area contributed by atoms with Crippen molar-refractivity contribution < 1.29 is 4.79 Å². The Bertz CT molecular complexity index is 913. The number of aromatic nitrogens is 3. The van der Waals surface area contributed by atoms with Crippen LogP contribution in [0.1, 0.15) is 36.8 Å². The zero-order chi connectivity index (χ0) is 19.6. The van der Waals surface area contributed by atoms with Gasteiger partial charge < -0.3 is 9.88 Å². The number of carbonyl (C=O) groups excluding carboxylic acids is 1. The monoisotopic (exact) mass is 384 g/mol. The minimum Gasteiger partial charge on any atom is -0.349 e. The smallest absolute Gasteiger partial charge is 0.225 e. The van der Waals surface area contributed by atoms with Gasteiger partial charge >= 0.3 is 0 Å². The van der Waals surface area contributed by atoms with Gasteiger partial charge in [-0.1, -0.05) is 30.7 Å². The molecule has 6 heteroatoms. The van der Waals surface area contributed by atoms with Crippen molar-refractivity contribution in [1.82, 2.24) is 19.7 Å². The fourth-order valence-corrected chi connectivity index (χ4v) is 3.21. The second kappa shape index (κ2) is 8.01. The summed E-state index contributed by atoms with van der Waals surface area (Å²) < 4.78 is 3.85. The van der Waals surface area contributed by atoms with Crippen molar-refractivity contribution in [3.05, 3.63) is 70.8 Å². The fourth-order valence-electron chi connectivity index (χ4n) is 3.08. The van der Waals surface area contributed by atoms with E-state index >= 15 is 0 Å². The van der Waals surface area contributed by atoms with E-state index in [1.54, 1.807) is 4.68 Å². The van der Waals surface area contributed by atoms with Crippen molar-refractivity contribution in [2.45, 2.75) is 40.3 Å². The molecule has 0 aliphatic carbocycles. The standard InChI is InChI=1S/C21H25ClN4O/c1-14(13-26-17(4)20(22)16(3)24-26)21(27)23-15(2)18-7-9-19(10-8-18)25-11-5-6-12-25/h5-12,14-15H,13H2,1-4H3,(H,23,27). The molecule has 2 atom stereocenters. The molecular weight excluding hydrogens is 360 g/mol. The number of aryl methyl sites for hydroxylation is 1. The Morgan fingerprint density at radius 1 is 1.15 bits per heavy atom. The molecule has 2 aromatic heterocycles. The molecule has 0 bridgehead atoms. The predicted octanol–water partition coefficient (Wildman–Crippen LogP) is 4.46. The number of hydrogen-bond donors (Lipinski definition) is 1. The molecule has 0 saturated heterocycles. The summed E-state index contributed by atoms with van der Waals surface area (Å²) in [5.41, 5.74) is 3.85. The van der Waals surface area contributed by atoms with E-state index in [0.29, 0.717) is 11.6 Å². The van der Waals surface area contributed by atoms with Crippen LogP contribution in [0.4, 0.5) is 0 Å². The quantitative estimate of drug-likeness (QED) is 0.682. The molecule has 1 N–H and O–H groups in total. The second-order valence-electron chi connectivity index (χ2n) is 6.98. The lowest BCUT2D eigenvalue weighted by molar-refractivity contribution is -0.125. The van der Waals surface area contributed by atoms with Crippen LogP contribution in [0.25, 0.3) is 5.69 Å². The molecule has 27 heavy (non-hydrogen) atoms. The van der Waals surface area contributed by atoms with Crippen LogP contribution in [0.2, 0.25) is 5.02 Å². The summed E-state index contributed by atoms with van der Waals surface area (Å²) in [5, 5.41) is 8.16. The summed E-state index contributed by atoms with van der Waals surface area (Å²) >= 11 is 6.19. The van der Waals surface area contributed by atoms with Gasteiger partial charge in [0, 0.05) is 18.1 Å². The number of nitrogens with one attached hydrogen (secondary N) is 1. The van der Waals surface area contributed by atoms with Crippen LogP contribution in [0.3, 0.4) is 0 Å². The Hall–Kier alpha value is -2.53. The van der Waals surface area contributed by atoms with Gasteiger partial charge in [0.2, 0.25) is 5.91 Å². The number of halogens is 1. The maximum Gasteiger partial charge on any atom is 0.225 e. The first-order valence-corrected chi connectivity index (χ1v) is 9.47. The van der Waals surface area contributed by atoms with Crippen LogP contribution in [-0.4, -0.2) is 20.3 Å². The summed E-state index contributed by atoms with van der Waals surface area (Å²) in [6, 6.07) is 12.1. The van der Waals surface area contributed by atoms with Gasteiger partial charge in [-0.05, 0) is 50.6 Å². The molecule has 3 aromatic rings. The van der Waals surface area contributed by atoms with Crippen molar-refractivity contribution >= 4 is 17.5 Å². The molecule has 0 aliphatic rings. The van der Waals surface area contributed by atoms with E-state index in [1.165, 1.54) is 0 Å².